The van der Waals surface area contributed by atoms with E-state index in [4.69, 9.17) is 18.9 Å². The molecule has 14 atom stereocenters. The molecule has 254 valence electrons. The maximum Gasteiger partial charge on any atom is 0.303 e. The Bertz CT molecular complexity index is 1200. The molecule has 6 rings (SSSR count). The second kappa shape index (κ2) is 10.8. The fraction of sp³-hybridized carbons (Fsp3) is 0.917. The van der Waals surface area contributed by atoms with Gasteiger partial charge in [0, 0.05) is 12.3 Å². The second-order valence-corrected chi connectivity index (χ2v) is 17.4. The molecule has 6 aliphatic rings. The van der Waals surface area contributed by atoms with E-state index >= 15 is 0 Å². The molecule has 2 spiro atoms. The van der Waals surface area contributed by atoms with Crippen LogP contribution >= 0.6 is 0 Å². The van der Waals surface area contributed by atoms with Crippen molar-refractivity contribution in [2.24, 2.45) is 50.7 Å². The van der Waals surface area contributed by atoms with E-state index in [1.54, 1.807) is 13.8 Å². The molecule has 2 N–H and O–H groups in total. The van der Waals surface area contributed by atoms with Gasteiger partial charge in [-0.1, -0.05) is 34.6 Å². The fourth-order valence-corrected chi connectivity index (χ4v) is 13.0. The summed E-state index contributed by atoms with van der Waals surface area (Å²) < 4.78 is 24.0. The van der Waals surface area contributed by atoms with E-state index < -0.39 is 36.2 Å². The molecule has 1 saturated heterocycles. The third kappa shape index (κ3) is 4.53. The highest BCUT2D eigenvalue weighted by atomic mass is 16.7. The van der Waals surface area contributed by atoms with Crippen LogP contribution in [0.25, 0.3) is 0 Å². The Balaban J connectivity index is 1.27. The second-order valence-electron chi connectivity index (χ2n) is 17.4. The van der Waals surface area contributed by atoms with Crippen molar-refractivity contribution in [1.82, 2.24) is 0 Å². The van der Waals surface area contributed by atoms with Crippen molar-refractivity contribution in [2.75, 3.05) is 6.61 Å². The number of ether oxygens (including phenoxy) is 4. The Hall–Kier alpha value is -1.39. The molecule has 0 bridgehead atoms. The Morgan fingerprint density at radius 1 is 1.04 bits per heavy atom. The van der Waals surface area contributed by atoms with Crippen LogP contribution in [0, 0.1) is 50.7 Å². The monoisotopic (exact) mass is 632 g/mol. The Labute approximate surface area is 268 Å². The lowest BCUT2D eigenvalue weighted by molar-refractivity contribution is -0.224. The Morgan fingerprint density at radius 3 is 2.33 bits per heavy atom. The van der Waals surface area contributed by atoms with E-state index in [0.717, 1.165) is 38.5 Å². The lowest BCUT2D eigenvalue weighted by Crippen LogP contribution is -2.60. The van der Waals surface area contributed by atoms with Crippen LogP contribution in [0.15, 0.2) is 0 Å². The summed E-state index contributed by atoms with van der Waals surface area (Å²) in [6, 6.07) is 0. The van der Waals surface area contributed by atoms with Gasteiger partial charge in [-0.2, -0.15) is 0 Å². The number of carbonyl (C=O) groups is 3. The van der Waals surface area contributed by atoms with Crippen molar-refractivity contribution in [3.63, 3.8) is 0 Å². The van der Waals surface area contributed by atoms with E-state index in [0.29, 0.717) is 30.8 Å². The number of hydrogen-bond acceptors (Lipinski definition) is 9. The number of carbonyl (C=O) groups excluding carboxylic acids is 3. The quantitative estimate of drug-likeness (QED) is 0.212. The van der Waals surface area contributed by atoms with Gasteiger partial charge >= 0.3 is 5.97 Å². The fourth-order valence-electron chi connectivity index (χ4n) is 13.0. The van der Waals surface area contributed by atoms with Crippen LogP contribution < -0.4 is 0 Å². The van der Waals surface area contributed by atoms with Crippen LogP contribution in [0.5, 0.6) is 0 Å². The first kappa shape index (κ1) is 33.5. The van der Waals surface area contributed by atoms with Gasteiger partial charge in [0.2, 0.25) is 6.29 Å². The summed E-state index contributed by atoms with van der Waals surface area (Å²) in [5.74, 6) is 0.748. The molecular weight excluding hydrogens is 576 g/mol. The van der Waals surface area contributed by atoms with Gasteiger partial charge in [-0.25, -0.2) is 0 Å². The average Bonchev–Trinajstić information content (AvgIpc) is 3.59. The number of hydrogen-bond donors (Lipinski definition) is 2. The summed E-state index contributed by atoms with van der Waals surface area (Å²) in [7, 11) is 0. The number of aliphatic hydroxyl groups excluding tert-OH is 1. The number of rotatable bonds is 9. The highest BCUT2D eigenvalue weighted by Crippen LogP contribution is 2.89. The van der Waals surface area contributed by atoms with Crippen molar-refractivity contribution in [2.45, 2.75) is 149 Å². The summed E-state index contributed by atoms with van der Waals surface area (Å²) in [6.07, 6.45) is 5.71. The van der Waals surface area contributed by atoms with Crippen molar-refractivity contribution in [3.05, 3.63) is 0 Å². The van der Waals surface area contributed by atoms with Crippen molar-refractivity contribution >= 4 is 18.5 Å². The van der Waals surface area contributed by atoms with Crippen molar-refractivity contribution in [1.29, 1.82) is 0 Å². The molecule has 0 aromatic rings. The minimum atomic E-state index is -1.28. The maximum atomic E-state index is 12.5. The number of esters is 1. The van der Waals surface area contributed by atoms with Crippen LogP contribution in [0.3, 0.4) is 0 Å². The highest BCUT2D eigenvalue weighted by Gasteiger charge is 2.84. The molecule has 0 amide bonds. The summed E-state index contributed by atoms with van der Waals surface area (Å²) >= 11 is 0. The predicted octanol–water partition coefficient (Wildman–Crippen LogP) is 4.63. The smallest absolute Gasteiger partial charge is 0.303 e. The highest BCUT2D eigenvalue weighted by molar-refractivity contribution is 5.66. The molecular formula is C36H56O9. The zero-order valence-electron chi connectivity index (χ0n) is 28.5. The van der Waals surface area contributed by atoms with E-state index in [1.165, 1.54) is 13.3 Å². The normalized spacial score (nSPS) is 49.2. The van der Waals surface area contributed by atoms with Crippen LogP contribution in [-0.4, -0.2) is 77.8 Å². The standard InChI is InChI=1S/C36H56O9/c1-20-17-22(30(32(5,6)41)43-21(2)39)44-28-27(20)33(7)13-14-36-19-35(36)12-11-25(45-26(18-38)42-16-15-37)31(3,4)23(35)9-10-24(36)34(33,8)29(28)40/h15,18,20,22-30,40-41H,9-14,16-17,19H2,1-8H3/t20-,22-,23+,24+,25+,26+,27-,28+,29+,30+,33-,34-,35-,36+/m1/s1. The van der Waals surface area contributed by atoms with E-state index in [-0.39, 0.29) is 57.7 Å². The van der Waals surface area contributed by atoms with Gasteiger partial charge < -0.3 is 34.0 Å². The first-order valence-corrected chi connectivity index (χ1v) is 17.3. The van der Waals surface area contributed by atoms with Gasteiger partial charge in [-0.3, -0.25) is 9.59 Å². The van der Waals surface area contributed by atoms with Crippen molar-refractivity contribution in [3.8, 4) is 0 Å². The lowest BCUT2D eigenvalue weighted by Gasteiger charge is -2.63. The zero-order chi connectivity index (χ0) is 33.0. The maximum absolute atomic E-state index is 12.5. The lowest BCUT2D eigenvalue weighted by atomic mass is 9.41. The van der Waals surface area contributed by atoms with Gasteiger partial charge in [0.15, 0.2) is 12.4 Å². The number of aliphatic hydroxyl groups is 2. The molecule has 0 aromatic heterocycles. The molecule has 9 nitrogen and oxygen atoms in total. The summed E-state index contributed by atoms with van der Waals surface area (Å²) in [5, 5.41) is 23.4. The van der Waals surface area contributed by atoms with Crippen molar-refractivity contribution < 1.29 is 43.5 Å². The summed E-state index contributed by atoms with van der Waals surface area (Å²) in [4.78, 5) is 34.6. The first-order chi connectivity index (χ1) is 20.9. The number of fused-ring (bicyclic) bond motifs is 4. The van der Waals surface area contributed by atoms with E-state index in [2.05, 4.69) is 34.6 Å². The van der Waals surface area contributed by atoms with Gasteiger partial charge in [-0.15, -0.1) is 0 Å². The van der Waals surface area contributed by atoms with Gasteiger partial charge in [0.25, 0.3) is 0 Å². The Morgan fingerprint density at radius 2 is 1.71 bits per heavy atom. The van der Waals surface area contributed by atoms with Crippen LogP contribution in [0.4, 0.5) is 0 Å². The summed E-state index contributed by atoms with van der Waals surface area (Å²) in [5.41, 5.74) is -1.55. The third-order valence-electron chi connectivity index (χ3n) is 14.8. The molecule has 45 heavy (non-hydrogen) atoms. The Kier molecular flexibility index (Phi) is 8.05. The topological polar surface area (TPSA) is 129 Å². The minimum absolute atomic E-state index is 0.109. The molecule has 6 fully saturated rings. The van der Waals surface area contributed by atoms with Gasteiger partial charge in [0.05, 0.1) is 30.0 Å². The molecule has 1 heterocycles. The SMILES string of the molecule is CC(=O)O[C@@H]([C@H]1C[C@@H](C)[C@@H]2[C@H](O1)[C@H](O)[C@@]1(C)[C@@H]3CC[C@H]4C(C)(C)[C@@H](O[C@@H](C=O)OCC=O)CC[C@@]45C[C@@]35CC[C@]21C)C(C)(C)O. The molecule has 0 radical (unpaired) electrons. The average molecular weight is 633 g/mol. The molecule has 5 saturated carbocycles. The van der Waals surface area contributed by atoms with Gasteiger partial charge in [0.1, 0.15) is 12.9 Å². The molecule has 9 heteroatoms. The molecule has 5 aliphatic carbocycles. The number of aldehydes is 2. The molecule has 1 aliphatic heterocycles. The molecule has 0 unspecified atom stereocenters. The van der Waals surface area contributed by atoms with E-state index in [1.807, 2.05) is 0 Å². The first-order valence-electron chi connectivity index (χ1n) is 17.3. The van der Waals surface area contributed by atoms with Crippen LogP contribution in [0.1, 0.15) is 107 Å². The van der Waals surface area contributed by atoms with E-state index in [9.17, 15) is 24.6 Å². The van der Waals surface area contributed by atoms with Crippen LogP contribution in [0.2, 0.25) is 0 Å². The zero-order valence-corrected chi connectivity index (χ0v) is 28.5. The molecule has 0 aromatic carbocycles. The van der Waals surface area contributed by atoms with Gasteiger partial charge in [-0.05, 0) is 111 Å². The summed E-state index contributed by atoms with van der Waals surface area (Å²) in [6.45, 7) is 16.1. The largest absolute Gasteiger partial charge is 0.457 e. The van der Waals surface area contributed by atoms with Crippen LogP contribution in [-0.2, 0) is 33.3 Å². The third-order valence-corrected chi connectivity index (χ3v) is 14.8. The minimum Gasteiger partial charge on any atom is -0.457 e. The predicted molar refractivity (Wildman–Crippen MR) is 165 cm³/mol.